The van der Waals surface area contributed by atoms with Crippen molar-refractivity contribution in [1.29, 1.82) is 0 Å². The van der Waals surface area contributed by atoms with Gasteiger partial charge >= 0.3 is 0 Å². The minimum absolute atomic E-state index is 0.205. The zero-order valence-electron chi connectivity index (χ0n) is 15.9. The van der Waals surface area contributed by atoms with Gasteiger partial charge in [-0.1, -0.05) is 42.0 Å². The van der Waals surface area contributed by atoms with Gasteiger partial charge in [0.15, 0.2) is 0 Å². The van der Waals surface area contributed by atoms with Crippen molar-refractivity contribution in [1.82, 2.24) is 5.32 Å². The highest BCUT2D eigenvalue weighted by Crippen LogP contribution is 2.25. The number of nitrogens with one attached hydrogen (secondary N) is 1. The molecule has 0 saturated carbocycles. The molecule has 0 heterocycles. The lowest BCUT2D eigenvalue weighted by Gasteiger charge is -2.25. The fraction of sp³-hybridized carbons (Fsp3) is 0.350. The molecule has 0 bridgehead atoms. The lowest BCUT2D eigenvalue weighted by molar-refractivity contribution is -0.120. The molecule has 26 heavy (non-hydrogen) atoms. The van der Waals surface area contributed by atoms with Crippen molar-refractivity contribution >= 4 is 21.6 Å². The van der Waals surface area contributed by atoms with Crippen LogP contribution >= 0.6 is 0 Å². The number of anilines is 1. The summed E-state index contributed by atoms with van der Waals surface area (Å²) >= 11 is 0. The van der Waals surface area contributed by atoms with Gasteiger partial charge in [0, 0.05) is 0 Å². The van der Waals surface area contributed by atoms with Crippen LogP contribution in [0.25, 0.3) is 0 Å². The number of aryl methyl sites for hydroxylation is 2. The summed E-state index contributed by atoms with van der Waals surface area (Å²) in [5.41, 5.74) is 4.47. The van der Waals surface area contributed by atoms with Gasteiger partial charge in [0.2, 0.25) is 15.9 Å². The normalized spacial score (nSPS) is 12.5. The van der Waals surface area contributed by atoms with E-state index < -0.39 is 10.0 Å². The van der Waals surface area contributed by atoms with E-state index in [9.17, 15) is 13.2 Å². The smallest absolute Gasteiger partial charge is 0.241 e. The van der Waals surface area contributed by atoms with E-state index in [4.69, 9.17) is 0 Å². The lowest BCUT2D eigenvalue weighted by atomic mass is 10.1. The molecule has 0 saturated heterocycles. The summed E-state index contributed by atoms with van der Waals surface area (Å²) in [6, 6.07) is 13.1. The zero-order valence-corrected chi connectivity index (χ0v) is 16.7. The first-order valence-electron chi connectivity index (χ1n) is 8.49. The molecular weight excluding hydrogens is 348 g/mol. The minimum atomic E-state index is -3.59. The highest BCUT2D eigenvalue weighted by Gasteiger charge is 2.23. The number of amides is 1. The van der Waals surface area contributed by atoms with Crippen molar-refractivity contribution in [2.24, 2.45) is 0 Å². The number of benzene rings is 2. The van der Waals surface area contributed by atoms with Gasteiger partial charge in [-0.05, 0) is 50.5 Å². The van der Waals surface area contributed by atoms with Crippen LogP contribution in [0, 0.1) is 20.8 Å². The Labute approximate surface area is 156 Å². The standard InChI is InChI=1S/C20H26N2O3S/c1-14-9-11-18(12-10-14)17(4)21-20(23)13-22(26(5,24)25)19-8-6-7-15(2)16(19)3/h6-12,17H,13H2,1-5H3,(H,21,23). The zero-order chi connectivity index (χ0) is 19.5. The number of hydrogen-bond acceptors (Lipinski definition) is 3. The monoisotopic (exact) mass is 374 g/mol. The van der Waals surface area contributed by atoms with E-state index in [0.29, 0.717) is 5.69 Å². The number of rotatable bonds is 6. The Hall–Kier alpha value is -2.34. The Balaban J connectivity index is 2.19. The van der Waals surface area contributed by atoms with Gasteiger partial charge in [-0.15, -0.1) is 0 Å². The summed E-state index contributed by atoms with van der Waals surface area (Å²) in [5, 5.41) is 2.88. The van der Waals surface area contributed by atoms with Crippen LogP contribution in [0.4, 0.5) is 5.69 Å². The maximum Gasteiger partial charge on any atom is 0.241 e. The average Bonchev–Trinajstić information content (AvgIpc) is 2.55. The van der Waals surface area contributed by atoms with Gasteiger partial charge in [0.25, 0.3) is 0 Å². The third-order valence-electron chi connectivity index (χ3n) is 4.49. The third-order valence-corrected chi connectivity index (χ3v) is 5.61. The lowest BCUT2D eigenvalue weighted by Crippen LogP contribution is -2.41. The van der Waals surface area contributed by atoms with Crippen LogP contribution in [0.2, 0.25) is 0 Å². The highest BCUT2D eigenvalue weighted by molar-refractivity contribution is 7.92. The summed E-state index contributed by atoms with van der Waals surface area (Å²) in [4.78, 5) is 12.5. The van der Waals surface area contributed by atoms with Crippen LogP contribution < -0.4 is 9.62 Å². The van der Waals surface area contributed by atoms with Crippen molar-refractivity contribution < 1.29 is 13.2 Å². The molecule has 6 heteroatoms. The first-order valence-corrected chi connectivity index (χ1v) is 10.3. The summed E-state index contributed by atoms with van der Waals surface area (Å²) in [7, 11) is -3.59. The molecule has 1 amide bonds. The third kappa shape index (κ3) is 4.85. The summed E-state index contributed by atoms with van der Waals surface area (Å²) in [6.45, 7) is 7.40. The molecule has 0 spiro atoms. The summed E-state index contributed by atoms with van der Waals surface area (Å²) < 4.78 is 25.7. The van der Waals surface area contributed by atoms with Crippen LogP contribution in [-0.2, 0) is 14.8 Å². The molecule has 5 nitrogen and oxygen atoms in total. The van der Waals surface area contributed by atoms with E-state index >= 15 is 0 Å². The SMILES string of the molecule is Cc1ccc(C(C)NC(=O)CN(c2cccc(C)c2C)S(C)(=O)=O)cc1. The topological polar surface area (TPSA) is 66.5 Å². The van der Waals surface area contributed by atoms with Gasteiger partial charge in [-0.25, -0.2) is 8.42 Å². The van der Waals surface area contributed by atoms with Crippen LogP contribution in [0.5, 0.6) is 0 Å². The molecule has 2 rings (SSSR count). The Morgan fingerprint density at radius 1 is 1.08 bits per heavy atom. The Morgan fingerprint density at radius 2 is 1.69 bits per heavy atom. The number of carbonyl (C=O) groups is 1. The fourth-order valence-electron chi connectivity index (χ4n) is 2.74. The molecule has 0 aliphatic carbocycles. The Bertz CT molecular complexity index is 890. The molecule has 0 fully saturated rings. The molecule has 1 N–H and O–H groups in total. The second-order valence-electron chi connectivity index (χ2n) is 6.69. The first kappa shape index (κ1) is 20.0. The van der Waals surface area contributed by atoms with Gasteiger partial charge in [-0.2, -0.15) is 0 Å². The highest BCUT2D eigenvalue weighted by atomic mass is 32.2. The van der Waals surface area contributed by atoms with Gasteiger partial charge < -0.3 is 5.32 Å². The van der Waals surface area contributed by atoms with Gasteiger partial charge in [0.05, 0.1) is 18.0 Å². The molecule has 2 aromatic rings. The molecule has 1 unspecified atom stereocenters. The largest absolute Gasteiger partial charge is 0.348 e. The molecule has 1 atom stereocenters. The second kappa shape index (κ2) is 7.91. The Morgan fingerprint density at radius 3 is 2.27 bits per heavy atom. The molecule has 140 valence electrons. The molecule has 2 aromatic carbocycles. The van der Waals surface area contributed by atoms with Crippen LogP contribution in [0.1, 0.15) is 35.2 Å². The first-order chi connectivity index (χ1) is 12.1. The van der Waals surface area contributed by atoms with E-state index in [-0.39, 0.29) is 18.5 Å². The van der Waals surface area contributed by atoms with Crippen molar-refractivity contribution in [2.45, 2.75) is 33.7 Å². The predicted octanol–water partition coefficient (Wildman–Crippen LogP) is 3.26. The van der Waals surface area contributed by atoms with Crippen LogP contribution in [0.3, 0.4) is 0 Å². The maximum absolute atomic E-state index is 12.5. The molecule has 0 aliphatic heterocycles. The quantitative estimate of drug-likeness (QED) is 0.844. The van der Waals surface area contributed by atoms with E-state index in [1.165, 1.54) is 0 Å². The molecule has 0 aliphatic rings. The number of hydrogen-bond donors (Lipinski definition) is 1. The average molecular weight is 375 g/mol. The maximum atomic E-state index is 12.5. The molecular formula is C20H26N2O3S. The predicted molar refractivity (Wildman–Crippen MR) is 106 cm³/mol. The summed E-state index contributed by atoms with van der Waals surface area (Å²) in [5.74, 6) is -0.343. The fourth-order valence-corrected chi connectivity index (χ4v) is 3.65. The van der Waals surface area contributed by atoms with Crippen molar-refractivity contribution in [3.05, 3.63) is 64.7 Å². The number of carbonyl (C=O) groups excluding carboxylic acids is 1. The molecule has 0 radical (unpaired) electrons. The minimum Gasteiger partial charge on any atom is -0.348 e. The van der Waals surface area contributed by atoms with E-state index in [2.05, 4.69) is 5.32 Å². The van der Waals surface area contributed by atoms with Crippen molar-refractivity contribution in [2.75, 3.05) is 17.1 Å². The Kier molecular flexibility index (Phi) is 6.08. The second-order valence-corrected chi connectivity index (χ2v) is 8.60. The van der Waals surface area contributed by atoms with E-state index in [1.807, 2.05) is 58.0 Å². The van der Waals surface area contributed by atoms with E-state index in [1.54, 1.807) is 12.1 Å². The van der Waals surface area contributed by atoms with Crippen molar-refractivity contribution in [3.63, 3.8) is 0 Å². The number of sulfonamides is 1. The van der Waals surface area contributed by atoms with Crippen molar-refractivity contribution in [3.8, 4) is 0 Å². The van der Waals surface area contributed by atoms with Crippen LogP contribution in [-0.4, -0.2) is 27.1 Å². The molecule has 0 aromatic heterocycles. The van der Waals surface area contributed by atoms with Crippen LogP contribution in [0.15, 0.2) is 42.5 Å². The number of nitrogens with zero attached hydrogens (tertiary/aromatic N) is 1. The van der Waals surface area contributed by atoms with Gasteiger partial charge in [0.1, 0.15) is 6.54 Å². The van der Waals surface area contributed by atoms with Gasteiger partial charge in [-0.3, -0.25) is 9.10 Å². The van der Waals surface area contributed by atoms with E-state index in [0.717, 1.165) is 32.8 Å². The summed E-state index contributed by atoms with van der Waals surface area (Å²) in [6.07, 6.45) is 1.12.